The molecule has 1 fully saturated rings. The van der Waals surface area contributed by atoms with E-state index in [1.165, 1.54) is 0 Å². The summed E-state index contributed by atoms with van der Waals surface area (Å²) in [5.74, 6) is 1.41. The van der Waals surface area contributed by atoms with Crippen molar-refractivity contribution < 1.29 is 23.8 Å². The Labute approximate surface area is 227 Å². The van der Waals surface area contributed by atoms with Crippen molar-refractivity contribution in [2.75, 3.05) is 27.3 Å². The summed E-state index contributed by atoms with van der Waals surface area (Å²) in [7, 11) is 3.25. The monoisotopic (exact) mass is 573 g/mol. The number of amides is 2. The molecule has 0 radical (unpaired) electrons. The number of nitrogens with zero attached hydrogens (tertiary/aromatic N) is 3. The summed E-state index contributed by atoms with van der Waals surface area (Å²) in [6, 6.07) is 11.2. The second kappa shape index (κ2) is 10.9. The largest absolute Gasteiger partial charge is 0.497 e. The number of hydrogen-bond acceptors (Lipinski definition) is 6. The summed E-state index contributed by atoms with van der Waals surface area (Å²) >= 11 is 3.53. The van der Waals surface area contributed by atoms with Gasteiger partial charge in [0, 0.05) is 54.9 Å². The maximum Gasteiger partial charge on any atom is 0.410 e. The molecule has 0 aromatic heterocycles. The van der Waals surface area contributed by atoms with Gasteiger partial charge in [-0.2, -0.15) is 0 Å². The first-order valence-corrected chi connectivity index (χ1v) is 13.3. The number of piperazine rings is 1. The first-order chi connectivity index (χ1) is 17.5. The number of fused-ring (bicyclic) bond motifs is 1. The van der Waals surface area contributed by atoms with E-state index in [1.807, 2.05) is 56.9 Å². The Morgan fingerprint density at radius 1 is 1.00 bits per heavy atom. The number of halogens is 1. The van der Waals surface area contributed by atoms with Gasteiger partial charge in [0.25, 0.3) is 0 Å². The topological polar surface area (TPSA) is 71.6 Å². The zero-order valence-corrected chi connectivity index (χ0v) is 24.0. The predicted molar refractivity (Wildman–Crippen MR) is 145 cm³/mol. The van der Waals surface area contributed by atoms with Gasteiger partial charge < -0.3 is 24.0 Å². The summed E-state index contributed by atoms with van der Waals surface area (Å²) in [6.45, 7) is 9.93. The highest BCUT2D eigenvalue weighted by molar-refractivity contribution is 9.10. The highest BCUT2D eigenvalue weighted by Gasteiger charge is 2.42. The Morgan fingerprint density at radius 2 is 1.73 bits per heavy atom. The first-order valence-electron chi connectivity index (χ1n) is 12.5. The molecular formula is C28H36BrN3O5. The third-order valence-corrected chi connectivity index (χ3v) is 7.32. The minimum absolute atomic E-state index is 0.000240. The van der Waals surface area contributed by atoms with Gasteiger partial charge in [-0.1, -0.05) is 28.1 Å². The summed E-state index contributed by atoms with van der Waals surface area (Å²) in [5.41, 5.74) is 2.62. The average Bonchev–Trinajstić information content (AvgIpc) is 3.26. The molecule has 2 aromatic rings. The molecule has 2 atom stereocenters. The SMILES string of the molecule is COc1ccc(CN2C[C@@H](C)N(C(=O)OC(C)(C)C)C[C@H]2C(=O)N2Cc3ccc(Br)cc3C2)c(OC)c1. The maximum atomic E-state index is 14.0. The fourth-order valence-corrected chi connectivity index (χ4v) is 5.37. The quantitative estimate of drug-likeness (QED) is 0.510. The van der Waals surface area contributed by atoms with Crippen molar-refractivity contribution in [1.29, 1.82) is 0 Å². The van der Waals surface area contributed by atoms with E-state index in [1.54, 1.807) is 19.1 Å². The third kappa shape index (κ3) is 6.21. The van der Waals surface area contributed by atoms with E-state index in [2.05, 4.69) is 33.0 Å². The lowest BCUT2D eigenvalue weighted by molar-refractivity contribution is -0.141. The molecule has 0 bridgehead atoms. The molecule has 4 rings (SSSR count). The third-order valence-electron chi connectivity index (χ3n) is 6.82. The molecular weight excluding hydrogens is 538 g/mol. The number of hydrogen-bond donors (Lipinski definition) is 0. The van der Waals surface area contributed by atoms with Crippen LogP contribution in [-0.4, -0.2) is 71.7 Å². The molecule has 2 aromatic carbocycles. The van der Waals surface area contributed by atoms with Gasteiger partial charge in [-0.05, 0) is 57.0 Å². The van der Waals surface area contributed by atoms with Crippen LogP contribution >= 0.6 is 15.9 Å². The van der Waals surface area contributed by atoms with E-state index in [-0.39, 0.29) is 18.5 Å². The minimum Gasteiger partial charge on any atom is -0.497 e. The molecule has 0 aliphatic carbocycles. The number of rotatable bonds is 5. The Kier molecular flexibility index (Phi) is 8.04. The van der Waals surface area contributed by atoms with E-state index < -0.39 is 17.7 Å². The number of benzene rings is 2. The van der Waals surface area contributed by atoms with Crippen LogP contribution < -0.4 is 9.47 Å². The second-order valence-corrected chi connectivity index (χ2v) is 11.6. The van der Waals surface area contributed by atoms with Crippen LogP contribution in [0.2, 0.25) is 0 Å². The lowest BCUT2D eigenvalue weighted by Gasteiger charge is -2.45. The Bertz CT molecular complexity index is 1160. The van der Waals surface area contributed by atoms with Gasteiger partial charge in [-0.3, -0.25) is 9.69 Å². The fourth-order valence-electron chi connectivity index (χ4n) is 4.96. The van der Waals surface area contributed by atoms with Crippen LogP contribution in [0.15, 0.2) is 40.9 Å². The minimum atomic E-state index is -0.617. The maximum absolute atomic E-state index is 14.0. The highest BCUT2D eigenvalue weighted by Crippen LogP contribution is 2.31. The molecule has 2 heterocycles. The van der Waals surface area contributed by atoms with Crippen LogP contribution in [0, 0.1) is 0 Å². The van der Waals surface area contributed by atoms with Crippen molar-refractivity contribution in [2.24, 2.45) is 0 Å². The molecule has 0 spiro atoms. The number of methoxy groups -OCH3 is 2. The van der Waals surface area contributed by atoms with Crippen LogP contribution in [0.3, 0.4) is 0 Å². The number of ether oxygens (including phenoxy) is 3. The average molecular weight is 575 g/mol. The van der Waals surface area contributed by atoms with Crippen LogP contribution in [0.4, 0.5) is 4.79 Å². The van der Waals surface area contributed by atoms with Gasteiger partial charge >= 0.3 is 6.09 Å². The smallest absolute Gasteiger partial charge is 0.410 e. The molecule has 2 aliphatic rings. The summed E-state index contributed by atoms with van der Waals surface area (Å²) in [4.78, 5) is 32.8. The van der Waals surface area contributed by atoms with Crippen molar-refractivity contribution in [1.82, 2.24) is 14.7 Å². The lowest BCUT2D eigenvalue weighted by Crippen LogP contribution is -2.63. The van der Waals surface area contributed by atoms with Crippen molar-refractivity contribution in [2.45, 2.75) is 65.0 Å². The van der Waals surface area contributed by atoms with Crippen LogP contribution in [0.5, 0.6) is 11.5 Å². The number of carbonyl (C=O) groups excluding carboxylic acids is 2. The molecule has 8 nitrogen and oxygen atoms in total. The lowest BCUT2D eigenvalue weighted by atomic mass is 10.0. The highest BCUT2D eigenvalue weighted by atomic mass is 79.9. The summed E-state index contributed by atoms with van der Waals surface area (Å²) in [6.07, 6.45) is -0.395. The van der Waals surface area contributed by atoms with E-state index in [0.29, 0.717) is 37.7 Å². The number of carbonyl (C=O) groups is 2. The van der Waals surface area contributed by atoms with E-state index >= 15 is 0 Å². The Hall–Kier alpha value is -2.78. The molecule has 0 unspecified atom stereocenters. The van der Waals surface area contributed by atoms with Gasteiger partial charge in [-0.15, -0.1) is 0 Å². The second-order valence-electron chi connectivity index (χ2n) is 10.7. The fraction of sp³-hybridized carbons (Fsp3) is 0.500. The zero-order chi connectivity index (χ0) is 26.9. The van der Waals surface area contributed by atoms with Crippen molar-refractivity contribution >= 4 is 27.9 Å². The van der Waals surface area contributed by atoms with Crippen molar-refractivity contribution in [3.05, 3.63) is 57.6 Å². The molecule has 37 heavy (non-hydrogen) atoms. The molecule has 0 N–H and O–H groups in total. The van der Waals surface area contributed by atoms with Crippen LogP contribution in [0.1, 0.15) is 44.4 Å². The predicted octanol–water partition coefficient (Wildman–Crippen LogP) is 4.82. The normalized spacial score (nSPS) is 20.0. The molecule has 1 saturated heterocycles. The zero-order valence-electron chi connectivity index (χ0n) is 22.4. The Morgan fingerprint density at radius 3 is 2.41 bits per heavy atom. The molecule has 2 amide bonds. The van der Waals surface area contributed by atoms with Gasteiger partial charge in [0.15, 0.2) is 0 Å². The van der Waals surface area contributed by atoms with Gasteiger partial charge in [0.2, 0.25) is 5.91 Å². The van der Waals surface area contributed by atoms with Crippen LogP contribution in [-0.2, 0) is 29.2 Å². The first kappa shape index (κ1) is 27.3. The van der Waals surface area contributed by atoms with Crippen molar-refractivity contribution in [3.8, 4) is 11.5 Å². The van der Waals surface area contributed by atoms with Crippen molar-refractivity contribution in [3.63, 3.8) is 0 Å². The van der Waals surface area contributed by atoms with E-state index in [9.17, 15) is 9.59 Å². The van der Waals surface area contributed by atoms with E-state index in [0.717, 1.165) is 21.2 Å². The van der Waals surface area contributed by atoms with Gasteiger partial charge in [0.1, 0.15) is 23.1 Å². The molecule has 0 saturated carbocycles. The molecule has 9 heteroatoms. The van der Waals surface area contributed by atoms with Gasteiger partial charge in [0.05, 0.1) is 14.2 Å². The molecule has 2 aliphatic heterocycles. The van der Waals surface area contributed by atoms with Gasteiger partial charge in [-0.25, -0.2) is 4.79 Å². The van der Waals surface area contributed by atoms with Crippen LogP contribution in [0.25, 0.3) is 0 Å². The summed E-state index contributed by atoms with van der Waals surface area (Å²) in [5, 5.41) is 0. The standard InChI is InChI=1S/C28H36BrN3O5/c1-18-13-30(15-20-8-10-23(35-5)12-25(20)36-6)24(17-32(18)27(34)37-28(2,3)4)26(33)31-14-19-7-9-22(29)11-21(19)16-31/h7-12,18,24H,13-17H2,1-6H3/t18-,24+/m1/s1. The van der Waals surface area contributed by atoms with E-state index in [4.69, 9.17) is 14.2 Å². The summed E-state index contributed by atoms with van der Waals surface area (Å²) < 4.78 is 17.7. The Balaban J connectivity index is 1.61. The molecule has 200 valence electrons.